The second-order valence-corrected chi connectivity index (χ2v) is 8.33. The second kappa shape index (κ2) is 5.87. The summed E-state index contributed by atoms with van der Waals surface area (Å²) < 4.78 is 0. The first kappa shape index (κ1) is 14.9. The highest BCUT2D eigenvalue weighted by Crippen LogP contribution is 2.46. The van der Waals surface area contributed by atoms with Gasteiger partial charge in [0.15, 0.2) is 0 Å². The number of anilines is 2. The first-order valence-electron chi connectivity index (χ1n) is 9.94. The third-order valence-electron chi connectivity index (χ3n) is 6.96. The van der Waals surface area contributed by atoms with Gasteiger partial charge < -0.3 is 16.0 Å². The zero-order chi connectivity index (χ0) is 16.1. The Morgan fingerprint density at radius 2 is 1.83 bits per heavy atom. The van der Waals surface area contributed by atoms with Crippen LogP contribution in [0.25, 0.3) is 0 Å². The summed E-state index contributed by atoms with van der Waals surface area (Å²) in [6, 6.07) is 0.636. The lowest BCUT2D eigenvalue weighted by molar-refractivity contribution is 0.270. The predicted octanol–water partition coefficient (Wildman–Crippen LogP) is 2.47. The van der Waals surface area contributed by atoms with Crippen LogP contribution in [0.3, 0.4) is 0 Å². The van der Waals surface area contributed by atoms with E-state index in [1.807, 2.05) is 0 Å². The van der Waals surface area contributed by atoms with E-state index in [-0.39, 0.29) is 0 Å². The van der Waals surface area contributed by atoms with E-state index in [9.17, 15) is 0 Å². The highest BCUT2D eigenvalue weighted by molar-refractivity contribution is 5.55. The van der Waals surface area contributed by atoms with Crippen molar-refractivity contribution in [2.24, 2.45) is 11.8 Å². The van der Waals surface area contributed by atoms with Crippen LogP contribution in [-0.2, 0) is 6.42 Å². The van der Waals surface area contributed by atoms with Gasteiger partial charge in [-0.1, -0.05) is 12.8 Å². The molecule has 24 heavy (non-hydrogen) atoms. The number of piperidine rings is 1. The summed E-state index contributed by atoms with van der Waals surface area (Å²) in [5.41, 5.74) is 8.88. The van der Waals surface area contributed by atoms with Crippen LogP contribution in [0.1, 0.15) is 62.1 Å². The van der Waals surface area contributed by atoms with Gasteiger partial charge in [0.2, 0.25) is 5.95 Å². The quantitative estimate of drug-likeness (QED) is 0.829. The van der Waals surface area contributed by atoms with E-state index in [2.05, 4.69) is 10.2 Å². The number of nitrogen functional groups attached to an aromatic ring is 1. The van der Waals surface area contributed by atoms with Gasteiger partial charge in [0.05, 0.1) is 5.69 Å². The van der Waals surface area contributed by atoms with Crippen molar-refractivity contribution in [3.05, 3.63) is 11.3 Å². The first-order valence-corrected chi connectivity index (χ1v) is 9.94. The van der Waals surface area contributed by atoms with Gasteiger partial charge in [0.1, 0.15) is 5.82 Å². The molecule has 0 aromatic carbocycles. The van der Waals surface area contributed by atoms with Gasteiger partial charge in [0.25, 0.3) is 0 Å². The topological polar surface area (TPSA) is 67.1 Å². The number of nitrogens with two attached hydrogens (primary N) is 1. The van der Waals surface area contributed by atoms with Crippen molar-refractivity contribution in [1.29, 1.82) is 0 Å². The van der Waals surface area contributed by atoms with Crippen molar-refractivity contribution in [2.75, 3.05) is 30.3 Å². The predicted molar refractivity (Wildman–Crippen MR) is 96.2 cm³/mol. The Bertz CT molecular complexity index is 616. The van der Waals surface area contributed by atoms with E-state index in [1.54, 1.807) is 0 Å². The number of nitrogens with one attached hydrogen (secondary N) is 1. The molecule has 1 aromatic heterocycles. The molecule has 3 heterocycles. The molecule has 0 spiro atoms. The molecule has 1 saturated carbocycles. The van der Waals surface area contributed by atoms with Crippen molar-refractivity contribution in [1.82, 2.24) is 15.3 Å². The van der Waals surface area contributed by atoms with E-state index in [0.717, 1.165) is 37.2 Å². The average molecular weight is 327 g/mol. The van der Waals surface area contributed by atoms with E-state index >= 15 is 0 Å². The molecule has 3 fully saturated rings. The number of nitrogens with zero attached hydrogens (tertiary/aromatic N) is 3. The summed E-state index contributed by atoms with van der Waals surface area (Å²) in [7, 11) is 0. The molecule has 2 saturated heterocycles. The van der Waals surface area contributed by atoms with Crippen LogP contribution in [0.4, 0.5) is 11.8 Å². The van der Waals surface area contributed by atoms with Gasteiger partial charge in [-0.25, -0.2) is 4.98 Å². The highest BCUT2D eigenvalue weighted by atomic mass is 15.3. The van der Waals surface area contributed by atoms with Crippen molar-refractivity contribution >= 4 is 11.8 Å². The van der Waals surface area contributed by atoms with Gasteiger partial charge in [-0.3, -0.25) is 0 Å². The molecule has 1 aromatic rings. The molecule has 2 aliphatic heterocycles. The molecule has 2 unspecified atom stereocenters. The van der Waals surface area contributed by atoms with Crippen molar-refractivity contribution < 1.29 is 0 Å². The average Bonchev–Trinajstić information content (AvgIpc) is 3.05. The molecular weight excluding hydrogens is 298 g/mol. The minimum atomic E-state index is 0.484. The molecule has 2 aliphatic carbocycles. The second-order valence-electron chi connectivity index (χ2n) is 8.33. The van der Waals surface area contributed by atoms with Crippen molar-refractivity contribution in [2.45, 2.75) is 63.3 Å². The standard InChI is InChI=1S/C19H29N5/c20-19-22-17-14-6-2-1-4-12(14)7-8-15(17)18(23-19)24-10-13-5-3-9-21-16(13)11-24/h12-14,16,21H,1-11H2,(H2,20,22,23)/t12?,13-,14?,16-/m0/s1. The zero-order valence-corrected chi connectivity index (χ0v) is 14.5. The number of hydrogen-bond donors (Lipinski definition) is 2. The summed E-state index contributed by atoms with van der Waals surface area (Å²) in [6.45, 7) is 3.39. The van der Waals surface area contributed by atoms with Gasteiger partial charge in [-0.15, -0.1) is 0 Å². The highest BCUT2D eigenvalue weighted by Gasteiger charge is 2.39. The molecule has 4 aliphatic rings. The van der Waals surface area contributed by atoms with Crippen molar-refractivity contribution in [3.8, 4) is 0 Å². The number of hydrogen-bond acceptors (Lipinski definition) is 5. The number of aromatic nitrogens is 2. The van der Waals surface area contributed by atoms with Crippen molar-refractivity contribution in [3.63, 3.8) is 0 Å². The Balaban J connectivity index is 1.50. The van der Waals surface area contributed by atoms with Crippen LogP contribution in [0, 0.1) is 11.8 Å². The van der Waals surface area contributed by atoms with Gasteiger partial charge >= 0.3 is 0 Å². The molecule has 0 bridgehead atoms. The van der Waals surface area contributed by atoms with Crippen LogP contribution in [0.15, 0.2) is 0 Å². The molecule has 4 atom stereocenters. The lowest BCUT2D eigenvalue weighted by atomic mass is 9.70. The third kappa shape index (κ3) is 2.40. The van der Waals surface area contributed by atoms with Crippen LogP contribution >= 0.6 is 0 Å². The normalized spacial score (nSPS) is 35.2. The molecule has 0 amide bonds. The van der Waals surface area contributed by atoms with Crippen LogP contribution in [-0.4, -0.2) is 35.6 Å². The van der Waals surface area contributed by atoms with Crippen LogP contribution < -0.4 is 16.0 Å². The minimum absolute atomic E-state index is 0.484. The molecule has 5 nitrogen and oxygen atoms in total. The Hall–Kier alpha value is -1.36. The number of rotatable bonds is 1. The summed E-state index contributed by atoms with van der Waals surface area (Å²) in [5, 5.41) is 3.70. The van der Waals surface area contributed by atoms with E-state index in [4.69, 9.17) is 15.7 Å². The fourth-order valence-corrected chi connectivity index (χ4v) is 5.78. The maximum atomic E-state index is 6.15. The van der Waals surface area contributed by atoms with E-state index in [0.29, 0.717) is 17.9 Å². The molecule has 3 N–H and O–H groups in total. The lowest BCUT2D eigenvalue weighted by Gasteiger charge is -2.37. The number of fused-ring (bicyclic) bond motifs is 4. The van der Waals surface area contributed by atoms with Gasteiger partial charge in [-0.2, -0.15) is 4.98 Å². The fraction of sp³-hybridized carbons (Fsp3) is 0.789. The Labute approximate surface area is 144 Å². The minimum Gasteiger partial charge on any atom is -0.368 e. The Kier molecular flexibility index (Phi) is 3.65. The Morgan fingerprint density at radius 1 is 0.958 bits per heavy atom. The monoisotopic (exact) mass is 327 g/mol. The van der Waals surface area contributed by atoms with Crippen LogP contribution in [0.2, 0.25) is 0 Å². The lowest BCUT2D eigenvalue weighted by Crippen LogP contribution is -2.40. The fourth-order valence-electron chi connectivity index (χ4n) is 5.78. The zero-order valence-electron chi connectivity index (χ0n) is 14.5. The molecule has 5 heteroatoms. The van der Waals surface area contributed by atoms with Crippen LogP contribution in [0.5, 0.6) is 0 Å². The SMILES string of the molecule is Nc1nc2c(c(N3C[C@@H]4CCCN[C@H]4C3)n1)CCC1CCCCC21. The largest absolute Gasteiger partial charge is 0.368 e. The van der Waals surface area contributed by atoms with Gasteiger partial charge in [0, 0.05) is 30.6 Å². The summed E-state index contributed by atoms with van der Waals surface area (Å²) in [5.74, 6) is 3.89. The molecular formula is C19H29N5. The molecule has 0 radical (unpaired) electrons. The maximum Gasteiger partial charge on any atom is 0.222 e. The first-order chi connectivity index (χ1) is 11.8. The summed E-state index contributed by atoms with van der Waals surface area (Å²) in [4.78, 5) is 12.0. The molecule has 5 rings (SSSR count). The summed E-state index contributed by atoms with van der Waals surface area (Å²) in [6.07, 6.45) is 10.5. The van der Waals surface area contributed by atoms with Gasteiger partial charge in [-0.05, 0) is 56.9 Å². The Morgan fingerprint density at radius 3 is 2.75 bits per heavy atom. The molecule has 130 valence electrons. The summed E-state index contributed by atoms with van der Waals surface area (Å²) >= 11 is 0. The third-order valence-corrected chi connectivity index (χ3v) is 6.96. The van der Waals surface area contributed by atoms with E-state index in [1.165, 1.54) is 62.7 Å². The maximum absolute atomic E-state index is 6.15. The smallest absolute Gasteiger partial charge is 0.222 e. The van der Waals surface area contributed by atoms with E-state index < -0.39 is 0 Å².